The topological polar surface area (TPSA) is 49.7 Å². The molecule has 0 aliphatic heterocycles. The van der Waals surface area contributed by atoms with Crippen LogP contribution in [0.15, 0.2) is 5.16 Å². The van der Waals surface area contributed by atoms with E-state index in [4.69, 9.17) is 5.21 Å². The zero-order valence-corrected chi connectivity index (χ0v) is 7.46. The largest absolute Gasteiger partial charge is 0.411 e. The van der Waals surface area contributed by atoms with Gasteiger partial charge in [-0.3, -0.25) is 4.79 Å². The highest BCUT2D eigenvalue weighted by Crippen LogP contribution is 2.04. The lowest BCUT2D eigenvalue weighted by Crippen LogP contribution is -2.24. The van der Waals surface area contributed by atoms with E-state index in [2.05, 4.69) is 5.16 Å². The van der Waals surface area contributed by atoms with E-state index >= 15 is 0 Å². The van der Waals surface area contributed by atoms with Gasteiger partial charge in [0.25, 0.3) is 0 Å². The summed E-state index contributed by atoms with van der Waals surface area (Å²) in [4.78, 5) is 11.2. The number of carbonyl (C=O) groups excluding carboxylic acids is 1. The quantitative estimate of drug-likeness (QED) is 0.385. The van der Waals surface area contributed by atoms with Crippen molar-refractivity contribution in [3.05, 3.63) is 0 Å². The highest BCUT2D eigenvalue weighted by Gasteiger charge is 2.18. The molecule has 0 spiro atoms. The minimum absolute atomic E-state index is 0.00472. The highest BCUT2D eigenvalue weighted by atomic mass is 16.4. The molecule has 0 radical (unpaired) electrons. The smallest absolute Gasteiger partial charge is 0.183 e. The van der Waals surface area contributed by atoms with E-state index in [1.54, 1.807) is 13.8 Å². The summed E-state index contributed by atoms with van der Waals surface area (Å²) in [6.45, 7) is 7.23. The van der Waals surface area contributed by atoms with E-state index in [1.807, 2.05) is 13.8 Å². The van der Waals surface area contributed by atoms with E-state index in [1.165, 1.54) is 0 Å². The van der Waals surface area contributed by atoms with Gasteiger partial charge in [-0.15, -0.1) is 0 Å². The van der Waals surface area contributed by atoms with Gasteiger partial charge in [0.1, 0.15) is 5.71 Å². The van der Waals surface area contributed by atoms with Crippen LogP contribution in [0.3, 0.4) is 0 Å². The molecular formula is C8H15NO2. The molecule has 3 nitrogen and oxygen atoms in total. The van der Waals surface area contributed by atoms with E-state index < -0.39 is 0 Å². The maximum atomic E-state index is 11.2. The zero-order chi connectivity index (χ0) is 9.02. The van der Waals surface area contributed by atoms with Gasteiger partial charge in [-0.2, -0.15) is 0 Å². The second-order valence-electron chi connectivity index (χ2n) is 3.16. The van der Waals surface area contributed by atoms with Crippen molar-refractivity contribution in [1.29, 1.82) is 0 Å². The Morgan fingerprint density at radius 2 is 1.64 bits per heavy atom. The third-order valence-electron chi connectivity index (χ3n) is 1.43. The van der Waals surface area contributed by atoms with Gasteiger partial charge in [0.05, 0.1) is 0 Å². The highest BCUT2D eigenvalue weighted by molar-refractivity contribution is 6.40. The van der Waals surface area contributed by atoms with Gasteiger partial charge < -0.3 is 5.21 Å². The Hall–Kier alpha value is -0.860. The fourth-order valence-electron chi connectivity index (χ4n) is 0.745. The number of carbonyl (C=O) groups is 1. The van der Waals surface area contributed by atoms with Crippen molar-refractivity contribution in [3.63, 3.8) is 0 Å². The maximum absolute atomic E-state index is 11.2. The molecule has 0 amide bonds. The van der Waals surface area contributed by atoms with Crippen molar-refractivity contribution in [2.75, 3.05) is 0 Å². The number of hydrogen-bond acceptors (Lipinski definition) is 3. The van der Waals surface area contributed by atoms with Gasteiger partial charge in [-0.1, -0.05) is 32.9 Å². The fraction of sp³-hybridized carbons (Fsp3) is 0.750. The Balaban J connectivity index is 4.42. The predicted octanol–water partition coefficient (Wildman–Crippen LogP) is 1.70. The van der Waals surface area contributed by atoms with Gasteiger partial charge in [-0.25, -0.2) is 0 Å². The van der Waals surface area contributed by atoms with Crippen LogP contribution in [0.4, 0.5) is 0 Å². The minimum Gasteiger partial charge on any atom is -0.411 e. The number of oxime groups is 1. The molecule has 0 aromatic heterocycles. The number of hydrogen-bond donors (Lipinski definition) is 1. The van der Waals surface area contributed by atoms with E-state index in [9.17, 15) is 4.79 Å². The standard InChI is InChI=1S/C8H15NO2/c1-5(2)7(9-11)8(10)6(3)4/h5-6,11H,1-4H3/b9-7+. The normalized spacial score (nSPS) is 12.7. The SMILES string of the molecule is CC(C)C(=O)/C(=N/O)C(C)C. The van der Waals surface area contributed by atoms with Crippen LogP contribution >= 0.6 is 0 Å². The van der Waals surface area contributed by atoms with Crippen LogP contribution in [0, 0.1) is 11.8 Å². The van der Waals surface area contributed by atoms with Gasteiger partial charge in [0.2, 0.25) is 0 Å². The molecule has 0 saturated heterocycles. The molecule has 3 heteroatoms. The zero-order valence-electron chi connectivity index (χ0n) is 7.46. The molecule has 0 fully saturated rings. The summed E-state index contributed by atoms with van der Waals surface area (Å²) in [6, 6.07) is 0. The van der Waals surface area contributed by atoms with Gasteiger partial charge in [0.15, 0.2) is 5.78 Å². The Morgan fingerprint density at radius 1 is 1.18 bits per heavy atom. The fourth-order valence-corrected chi connectivity index (χ4v) is 0.745. The summed E-state index contributed by atoms with van der Waals surface area (Å²) < 4.78 is 0. The molecule has 1 N–H and O–H groups in total. The molecule has 0 aliphatic rings. The summed E-state index contributed by atoms with van der Waals surface area (Å²) in [7, 11) is 0. The summed E-state index contributed by atoms with van der Waals surface area (Å²) in [5.41, 5.74) is 0.264. The predicted molar refractivity (Wildman–Crippen MR) is 43.9 cm³/mol. The van der Waals surface area contributed by atoms with Crippen molar-refractivity contribution in [2.24, 2.45) is 17.0 Å². The molecule has 0 saturated carbocycles. The molecule has 0 aromatic rings. The Bertz CT molecular complexity index is 171. The molecule has 0 unspecified atom stereocenters. The van der Waals surface area contributed by atoms with Crippen LogP contribution in [0.2, 0.25) is 0 Å². The summed E-state index contributed by atoms with van der Waals surface area (Å²) >= 11 is 0. The van der Waals surface area contributed by atoms with E-state index in [-0.39, 0.29) is 23.3 Å². The second kappa shape index (κ2) is 4.11. The summed E-state index contributed by atoms with van der Waals surface area (Å²) in [5.74, 6) is -0.180. The first-order valence-electron chi connectivity index (χ1n) is 3.76. The Kier molecular flexibility index (Phi) is 3.79. The van der Waals surface area contributed by atoms with Crippen molar-refractivity contribution < 1.29 is 10.0 Å². The molecule has 11 heavy (non-hydrogen) atoms. The van der Waals surface area contributed by atoms with Crippen LogP contribution in [-0.4, -0.2) is 16.7 Å². The average molecular weight is 157 g/mol. The molecule has 0 rings (SSSR count). The minimum atomic E-state index is -0.0942. The van der Waals surface area contributed by atoms with E-state index in [0.717, 1.165) is 0 Å². The second-order valence-corrected chi connectivity index (χ2v) is 3.16. The summed E-state index contributed by atoms with van der Waals surface area (Å²) in [6.07, 6.45) is 0. The van der Waals surface area contributed by atoms with Gasteiger partial charge in [0, 0.05) is 11.8 Å². The average Bonchev–Trinajstić information content (AvgIpc) is 1.88. The first kappa shape index (κ1) is 10.1. The third-order valence-corrected chi connectivity index (χ3v) is 1.43. The lowest BCUT2D eigenvalue weighted by Gasteiger charge is -2.08. The van der Waals surface area contributed by atoms with Crippen LogP contribution in [-0.2, 0) is 4.79 Å². The lowest BCUT2D eigenvalue weighted by atomic mass is 9.97. The number of Topliss-reactive ketones (excluding diaryl/α,β-unsaturated/α-hetero) is 1. The molecular weight excluding hydrogens is 142 g/mol. The molecule has 0 bridgehead atoms. The maximum Gasteiger partial charge on any atom is 0.183 e. The van der Waals surface area contributed by atoms with Crippen LogP contribution < -0.4 is 0 Å². The van der Waals surface area contributed by atoms with Crippen LogP contribution in [0.25, 0.3) is 0 Å². The molecule has 0 atom stereocenters. The third kappa shape index (κ3) is 2.70. The molecule has 0 heterocycles. The number of ketones is 1. The van der Waals surface area contributed by atoms with Crippen molar-refractivity contribution >= 4 is 11.5 Å². The molecule has 0 aliphatic carbocycles. The van der Waals surface area contributed by atoms with Gasteiger partial charge in [-0.05, 0) is 0 Å². The van der Waals surface area contributed by atoms with Gasteiger partial charge >= 0.3 is 0 Å². The first-order chi connectivity index (χ1) is 5.00. The number of nitrogens with zero attached hydrogens (tertiary/aromatic N) is 1. The van der Waals surface area contributed by atoms with Crippen LogP contribution in [0.1, 0.15) is 27.7 Å². The van der Waals surface area contributed by atoms with E-state index in [0.29, 0.717) is 0 Å². The Labute approximate surface area is 67.1 Å². The summed E-state index contributed by atoms with van der Waals surface area (Å²) in [5, 5.41) is 11.5. The lowest BCUT2D eigenvalue weighted by molar-refractivity contribution is -0.115. The van der Waals surface area contributed by atoms with Crippen molar-refractivity contribution in [2.45, 2.75) is 27.7 Å². The van der Waals surface area contributed by atoms with Crippen LogP contribution in [0.5, 0.6) is 0 Å². The Morgan fingerprint density at radius 3 is 1.73 bits per heavy atom. The van der Waals surface area contributed by atoms with Crippen molar-refractivity contribution in [3.8, 4) is 0 Å². The molecule has 0 aromatic carbocycles. The monoisotopic (exact) mass is 157 g/mol. The van der Waals surface area contributed by atoms with Crippen molar-refractivity contribution in [1.82, 2.24) is 0 Å². The first-order valence-corrected chi connectivity index (χ1v) is 3.76. The molecule has 64 valence electrons. The number of rotatable bonds is 3.